The van der Waals surface area contributed by atoms with Crippen LogP contribution in [0.5, 0.6) is 0 Å². The fourth-order valence-electron chi connectivity index (χ4n) is 1.30. The predicted octanol–water partition coefficient (Wildman–Crippen LogP) is 1.94. The van der Waals surface area contributed by atoms with Gasteiger partial charge in [0.1, 0.15) is 0 Å². The monoisotopic (exact) mass is 216 g/mol. The highest BCUT2D eigenvalue weighted by Gasteiger charge is 2.44. The average molecular weight is 216 g/mol. The van der Waals surface area contributed by atoms with Crippen LogP contribution in [0.4, 0.5) is 0 Å². The Morgan fingerprint density at radius 3 is 1.50 bits per heavy atom. The van der Waals surface area contributed by atoms with Crippen molar-refractivity contribution in [2.45, 2.75) is 39.6 Å². The Morgan fingerprint density at radius 1 is 0.929 bits per heavy atom. The van der Waals surface area contributed by atoms with E-state index in [-0.39, 0.29) is 5.44 Å². The van der Waals surface area contributed by atoms with E-state index in [1.165, 1.54) is 0 Å². The molecule has 0 aliphatic heterocycles. The van der Waals surface area contributed by atoms with Crippen molar-refractivity contribution < 1.29 is 13.3 Å². The van der Waals surface area contributed by atoms with E-state index in [1.807, 2.05) is 27.7 Å². The lowest BCUT2D eigenvalue weighted by molar-refractivity contribution is 0.0677. The summed E-state index contributed by atoms with van der Waals surface area (Å²) in [6, 6.07) is 0. The zero-order chi connectivity index (χ0) is 11.0. The van der Waals surface area contributed by atoms with E-state index in [0.29, 0.717) is 19.8 Å². The normalized spacial score (nSPS) is 14.3. The molecule has 0 saturated carbocycles. The second-order valence-corrected chi connectivity index (χ2v) is 5.73. The molecule has 0 amide bonds. The molecule has 14 heavy (non-hydrogen) atoms. The fraction of sp³-hybridized carbons (Fsp3) is 1.00. The highest BCUT2D eigenvalue weighted by atomic mass is 28.4. The molecule has 2 radical (unpaired) electrons. The van der Waals surface area contributed by atoms with Gasteiger partial charge in [-0.15, -0.1) is 0 Å². The third kappa shape index (κ3) is 3.73. The van der Waals surface area contributed by atoms with Gasteiger partial charge >= 0.3 is 8.80 Å². The summed E-state index contributed by atoms with van der Waals surface area (Å²) < 4.78 is 16.9. The molecule has 3 nitrogen and oxygen atoms in total. The first-order valence-corrected chi connectivity index (χ1v) is 7.14. The largest absolute Gasteiger partial charge is 0.495 e. The summed E-state index contributed by atoms with van der Waals surface area (Å²) in [5.74, 6) is 0. The molecule has 1 unspecified atom stereocenters. The number of hydrogen-bond acceptors (Lipinski definition) is 3. The van der Waals surface area contributed by atoms with Crippen LogP contribution in [-0.2, 0) is 13.3 Å². The minimum Gasteiger partial charge on any atom is -0.374 e. The van der Waals surface area contributed by atoms with Crippen LogP contribution in [0.2, 0.25) is 5.44 Å². The summed E-state index contributed by atoms with van der Waals surface area (Å²) >= 11 is 0. The van der Waals surface area contributed by atoms with Crippen molar-refractivity contribution in [3.8, 4) is 0 Å². The Hall–Kier alpha value is 0.162. The smallest absolute Gasteiger partial charge is 0.374 e. The lowest BCUT2D eigenvalue weighted by Crippen LogP contribution is -2.50. The summed E-state index contributed by atoms with van der Waals surface area (Å²) in [5.41, 5.74) is -0.123. The van der Waals surface area contributed by atoms with Gasteiger partial charge in [0.15, 0.2) is 0 Å². The molecular formula is C9H21BO3Si. The molecule has 1 atom stereocenters. The molecule has 0 aromatic carbocycles. The van der Waals surface area contributed by atoms with Crippen LogP contribution in [0.3, 0.4) is 0 Å². The Balaban J connectivity index is 4.53. The van der Waals surface area contributed by atoms with Crippen LogP contribution in [0.25, 0.3) is 0 Å². The van der Waals surface area contributed by atoms with Gasteiger partial charge in [0.2, 0.25) is 0 Å². The molecule has 0 fully saturated rings. The molecule has 5 heteroatoms. The van der Waals surface area contributed by atoms with Crippen molar-refractivity contribution in [3.63, 3.8) is 0 Å². The van der Waals surface area contributed by atoms with Crippen LogP contribution in [0.15, 0.2) is 0 Å². The van der Waals surface area contributed by atoms with Crippen LogP contribution in [0.1, 0.15) is 34.1 Å². The van der Waals surface area contributed by atoms with Gasteiger partial charge in [-0.3, -0.25) is 0 Å². The van der Waals surface area contributed by atoms with Crippen molar-refractivity contribution in [1.82, 2.24) is 0 Å². The first-order valence-electron chi connectivity index (χ1n) is 5.34. The van der Waals surface area contributed by atoms with E-state index >= 15 is 0 Å². The molecule has 0 aromatic rings. The topological polar surface area (TPSA) is 27.7 Å². The summed E-state index contributed by atoms with van der Waals surface area (Å²) in [4.78, 5) is 0. The molecule has 0 aromatic heterocycles. The molecule has 0 heterocycles. The molecule has 0 spiro atoms. The lowest BCUT2D eigenvalue weighted by atomic mass is 10.0. The summed E-state index contributed by atoms with van der Waals surface area (Å²) in [6.07, 6.45) is 0.812. The van der Waals surface area contributed by atoms with E-state index < -0.39 is 8.80 Å². The van der Waals surface area contributed by atoms with Gasteiger partial charge in [-0.2, -0.15) is 0 Å². The van der Waals surface area contributed by atoms with Crippen LogP contribution in [-0.4, -0.2) is 36.5 Å². The second-order valence-electron chi connectivity index (χ2n) is 2.92. The van der Waals surface area contributed by atoms with Crippen molar-refractivity contribution >= 4 is 16.7 Å². The SMILES string of the molecule is [B]C(CC)[Si](OCC)(OCC)OCC. The van der Waals surface area contributed by atoms with E-state index in [9.17, 15) is 0 Å². The Labute approximate surface area is 89.9 Å². The Kier molecular flexibility index (Phi) is 7.54. The molecule has 0 saturated heterocycles. The number of hydrogen-bond donors (Lipinski definition) is 0. The summed E-state index contributed by atoms with van der Waals surface area (Å²) in [7, 11) is 3.38. The molecule has 0 rings (SSSR count). The Bertz CT molecular complexity index is 129. The van der Waals surface area contributed by atoms with Crippen molar-refractivity contribution in [1.29, 1.82) is 0 Å². The van der Waals surface area contributed by atoms with Gasteiger partial charge in [-0.25, -0.2) is 0 Å². The standard InChI is InChI=1S/C9H21BO3Si/c1-5-9(10)14(11-6-2,12-7-3)13-8-4/h9H,5-8H2,1-4H3. The first kappa shape index (κ1) is 14.2. The van der Waals surface area contributed by atoms with Gasteiger partial charge in [0.05, 0.1) is 7.85 Å². The third-order valence-electron chi connectivity index (χ3n) is 1.93. The molecule has 0 N–H and O–H groups in total. The van der Waals surface area contributed by atoms with Crippen molar-refractivity contribution in [2.75, 3.05) is 19.8 Å². The molecule has 0 bridgehead atoms. The average Bonchev–Trinajstić information content (AvgIpc) is 2.17. The molecule has 0 aliphatic rings. The molecule has 0 aliphatic carbocycles. The zero-order valence-electron chi connectivity index (χ0n) is 9.71. The maximum Gasteiger partial charge on any atom is 0.495 e. The van der Waals surface area contributed by atoms with Crippen molar-refractivity contribution in [3.05, 3.63) is 0 Å². The van der Waals surface area contributed by atoms with E-state index in [0.717, 1.165) is 6.42 Å². The van der Waals surface area contributed by atoms with Crippen LogP contribution < -0.4 is 0 Å². The fourth-order valence-corrected chi connectivity index (χ4v) is 3.90. The minimum absolute atomic E-state index is 0.123. The first-order chi connectivity index (χ1) is 6.66. The predicted molar refractivity (Wildman–Crippen MR) is 60.4 cm³/mol. The third-order valence-corrected chi connectivity index (χ3v) is 5.32. The van der Waals surface area contributed by atoms with Crippen molar-refractivity contribution in [2.24, 2.45) is 0 Å². The molecule has 82 valence electrons. The summed E-state index contributed by atoms with van der Waals surface area (Å²) in [6.45, 7) is 9.57. The Morgan fingerprint density at radius 2 is 1.29 bits per heavy atom. The minimum atomic E-state index is -2.62. The second kappa shape index (κ2) is 7.45. The van der Waals surface area contributed by atoms with E-state index in [1.54, 1.807) is 0 Å². The summed E-state index contributed by atoms with van der Waals surface area (Å²) in [5, 5.41) is 0. The van der Waals surface area contributed by atoms with Crippen LogP contribution >= 0.6 is 0 Å². The van der Waals surface area contributed by atoms with Crippen LogP contribution in [0, 0.1) is 0 Å². The van der Waals surface area contributed by atoms with E-state index in [2.05, 4.69) is 0 Å². The number of rotatable bonds is 8. The maximum absolute atomic E-state index is 6.00. The highest BCUT2D eigenvalue weighted by molar-refractivity contribution is 6.69. The zero-order valence-corrected chi connectivity index (χ0v) is 10.7. The highest BCUT2D eigenvalue weighted by Crippen LogP contribution is 2.25. The van der Waals surface area contributed by atoms with Gasteiger partial charge in [-0.1, -0.05) is 13.3 Å². The maximum atomic E-state index is 6.00. The van der Waals surface area contributed by atoms with Gasteiger partial charge < -0.3 is 13.3 Å². The quantitative estimate of drug-likeness (QED) is 0.580. The van der Waals surface area contributed by atoms with Gasteiger partial charge in [-0.05, 0) is 26.2 Å². The van der Waals surface area contributed by atoms with Gasteiger partial charge in [0.25, 0.3) is 0 Å². The van der Waals surface area contributed by atoms with E-state index in [4.69, 9.17) is 21.1 Å². The molecular weight excluding hydrogens is 195 g/mol. The lowest BCUT2D eigenvalue weighted by Gasteiger charge is -2.33. The van der Waals surface area contributed by atoms with Gasteiger partial charge in [0, 0.05) is 19.8 Å².